The Morgan fingerprint density at radius 3 is 1.29 bits per heavy atom. The van der Waals surface area contributed by atoms with E-state index in [4.69, 9.17) is 0 Å². The number of nitrogens with zero attached hydrogens (tertiary/aromatic N) is 2. The normalized spacial score (nSPS) is 16.1. The maximum Gasteiger partial charge on any atom is 0.0464 e. The average molecular weight is 725 g/mol. The molecule has 1 atom stereocenters. The molecule has 0 aliphatic heterocycles. The molecule has 0 spiro atoms. The summed E-state index contributed by atoms with van der Waals surface area (Å²) in [6.07, 6.45) is 9.92. The zero-order chi connectivity index (χ0) is 38.3. The van der Waals surface area contributed by atoms with E-state index >= 15 is 0 Å². The van der Waals surface area contributed by atoms with Crippen LogP contribution >= 0.6 is 0 Å². The van der Waals surface area contributed by atoms with Crippen LogP contribution in [0.15, 0.2) is 200 Å². The predicted octanol–water partition coefficient (Wildman–Crippen LogP) is 14.9. The molecule has 0 heterocycles. The van der Waals surface area contributed by atoms with Crippen LogP contribution < -0.4 is 9.80 Å². The van der Waals surface area contributed by atoms with Crippen LogP contribution in [-0.4, -0.2) is 0 Å². The van der Waals surface area contributed by atoms with E-state index in [1.165, 1.54) is 38.9 Å². The molecule has 0 bridgehead atoms. The fraction of sp³-hybridized carbons (Fsp3) is 0.148. The summed E-state index contributed by atoms with van der Waals surface area (Å²) < 4.78 is 0. The lowest BCUT2D eigenvalue weighted by atomic mass is 9.60. The third-order valence-corrected chi connectivity index (χ3v) is 12.0. The number of hydrogen-bond donors (Lipinski definition) is 0. The van der Waals surface area contributed by atoms with Crippen LogP contribution in [0.25, 0.3) is 11.1 Å². The Balaban J connectivity index is 1.16. The van der Waals surface area contributed by atoms with Crippen LogP contribution in [0.1, 0.15) is 67.9 Å². The summed E-state index contributed by atoms with van der Waals surface area (Å²) in [5.74, 6) is 0.407. The first-order valence-corrected chi connectivity index (χ1v) is 19.9. The third-order valence-electron chi connectivity index (χ3n) is 12.0. The van der Waals surface area contributed by atoms with Gasteiger partial charge in [-0.1, -0.05) is 155 Å². The van der Waals surface area contributed by atoms with Gasteiger partial charge in [0.05, 0.1) is 0 Å². The monoisotopic (exact) mass is 724 g/mol. The number of hydrogen-bond acceptors (Lipinski definition) is 2. The highest BCUT2D eigenvalue weighted by molar-refractivity contribution is 5.81. The molecule has 0 radical (unpaired) electrons. The zero-order valence-electron chi connectivity index (χ0n) is 32.7. The van der Waals surface area contributed by atoms with Crippen molar-refractivity contribution in [3.8, 4) is 11.1 Å². The van der Waals surface area contributed by atoms with Gasteiger partial charge in [0.25, 0.3) is 0 Å². The second kappa shape index (κ2) is 14.4. The molecule has 2 aliphatic rings. The van der Waals surface area contributed by atoms with Crippen LogP contribution in [0.2, 0.25) is 0 Å². The first-order valence-electron chi connectivity index (χ1n) is 19.9. The lowest BCUT2D eigenvalue weighted by molar-refractivity contribution is 0.521. The highest BCUT2D eigenvalue weighted by Crippen LogP contribution is 2.53. The highest BCUT2D eigenvalue weighted by atomic mass is 15.1. The summed E-state index contributed by atoms with van der Waals surface area (Å²) in [5.41, 5.74) is 15.7. The Morgan fingerprint density at radius 2 is 0.804 bits per heavy atom. The number of allylic oxidation sites excluding steroid dienone is 4. The van der Waals surface area contributed by atoms with Crippen LogP contribution in [0, 0.1) is 0 Å². The van der Waals surface area contributed by atoms with Crippen LogP contribution in [0.3, 0.4) is 0 Å². The van der Waals surface area contributed by atoms with Gasteiger partial charge < -0.3 is 9.80 Å². The Hall–Kier alpha value is -6.38. The summed E-state index contributed by atoms with van der Waals surface area (Å²) in [7, 11) is 0. The topological polar surface area (TPSA) is 6.48 Å². The molecular weight excluding hydrogens is 677 g/mol. The van der Waals surface area contributed by atoms with Gasteiger partial charge in [-0.3, -0.25) is 0 Å². The molecule has 2 heteroatoms. The van der Waals surface area contributed by atoms with E-state index in [2.05, 4.69) is 238 Å². The third kappa shape index (κ3) is 6.35. The summed E-state index contributed by atoms with van der Waals surface area (Å²) in [6.45, 7) is 9.59. The number of para-hydroxylation sites is 2. The molecule has 0 saturated heterocycles. The van der Waals surface area contributed by atoms with E-state index in [-0.39, 0.29) is 10.8 Å². The summed E-state index contributed by atoms with van der Waals surface area (Å²) in [4.78, 5) is 4.80. The van der Waals surface area contributed by atoms with Gasteiger partial charge >= 0.3 is 0 Å². The molecule has 7 aromatic rings. The minimum atomic E-state index is -0.265. The van der Waals surface area contributed by atoms with E-state index < -0.39 is 0 Å². The SMILES string of the molecule is CC1(C)c2ccc(N(c3ccccc3)c3ccccc3)cc2C(C)(C)c2cc(N(c3ccc(-c4ccccc4)cc3)c3ccc(C4C=CC=CC4)cc3)ccc21. The number of rotatable bonds is 8. The molecule has 56 heavy (non-hydrogen) atoms. The van der Waals surface area contributed by atoms with Crippen molar-refractivity contribution in [3.63, 3.8) is 0 Å². The molecular formula is C54H48N2. The van der Waals surface area contributed by atoms with Gasteiger partial charge in [-0.25, -0.2) is 0 Å². The van der Waals surface area contributed by atoms with Crippen molar-refractivity contribution >= 4 is 34.1 Å². The van der Waals surface area contributed by atoms with E-state index in [1.807, 2.05) is 0 Å². The van der Waals surface area contributed by atoms with Gasteiger partial charge in [0.15, 0.2) is 0 Å². The van der Waals surface area contributed by atoms with Crippen LogP contribution in [0.5, 0.6) is 0 Å². The molecule has 0 aromatic heterocycles. The first kappa shape index (κ1) is 35.3. The summed E-state index contributed by atoms with van der Waals surface area (Å²) in [5, 5.41) is 0. The maximum absolute atomic E-state index is 2.46. The van der Waals surface area contributed by atoms with Gasteiger partial charge in [-0.05, 0) is 118 Å². The molecule has 0 fully saturated rings. The van der Waals surface area contributed by atoms with Crippen LogP contribution in [0.4, 0.5) is 34.1 Å². The Labute approximate surface area is 332 Å². The largest absolute Gasteiger partial charge is 0.310 e. The zero-order valence-corrected chi connectivity index (χ0v) is 32.7. The second-order valence-corrected chi connectivity index (χ2v) is 16.2. The van der Waals surface area contributed by atoms with Crippen molar-refractivity contribution in [1.29, 1.82) is 0 Å². The van der Waals surface area contributed by atoms with Gasteiger partial charge in [-0.2, -0.15) is 0 Å². The van der Waals surface area contributed by atoms with E-state index in [0.29, 0.717) is 5.92 Å². The van der Waals surface area contributed by atoms with Gasteiger partial charge in [0, 0.05) is 50.9 Å². The second-order valence-electron chi connectivity index (χ2n) is 16.2. The van der Waals surface area contributed by atoms with Crippen molar-refractivity contribution in [2.45, 2.75) is 50.9 Å². The number of benzene rings is 7. The molecule has 2 aliphatic carbocycles. The summed E-state index contributed by atoms with van der Waals surface area (Å²) >= 11 is 0. The molecule has 1 unspecified atom stereocenters. The maximum atomic E-state index is 2.46. The lowest BCUT2D eigenvalue weighted by Crippen LogP contribution is -2.37. The fourth-order valence-corrected chi connectivity index (χ4v) is 8.94. The smallest absolute Gasteiger partial charge is 0.0464 e. The lowest BCUT2D eigenvalue weighted by Gasteiger charge is -2.45. The number of anilines is 6. The van der Waals surface area contributed by atoms with Gasteiger partial charge in [-0.15, -0.1) is 0 Å². The molecule has 0 saturated carbocycles. The molecule has 0 amide bonds. The van der Waals surface area contributed by atoms with E-state index in [0.717, 1.165) is 40.5 Å². The minimum Gasteiger partial charge on any atom is -0.310 e. The van der Waals surface area contributed by atoms with Crippen LogP contribution in [-0.2, 0) is 10.8 Å². The van der Waals surface area contributed by atoms with Gasteiger partial charge in [0.2, 0.25) is 0 Å². The molecule has 9 rings (SSSR count). The standard InChI is InChI=1S/C54H48N2/c1-53(2)49-35-33-47(55(43-21-13-7-14-22-43)44-23-15-8-16-24-44)37-51(49)54(3,4)52-38-48(34-36-50(52)53)56(45-29-25-41(26-30-45)39-17-9-5-10-18-39)46-31-27-42(28-32-46)40-19-11-6-12-20-40/h5-19,21-38,40H,20H2,1-4H3. The van der Waals surface area contributed by atoms with E-state index in [9.17, 15) is 0 Å². The predicted molar refractivity (Wildman–Crippen MR) is 238 cm³/mol. The van der Waals surface area contributed by atoms with Crippen molar-refractivity contribution in [2.24, 2.45) is 0 Å². The van der Waals surface area contributed by atoms with Crippen molar-refractivity contribution in [1.82, 2.24) is 0 Å². The van der Waals surface area contributed by atoms with Crippen molar-refractivity contribution < 1.29 is 0 Å². The molecule has 2 nitrogen and oxygen atoms in total. The van der Waals surface area contributed by atoms with E-state index in [1.54, 1.807) is 0 Å². The molecule has 0 N–H and O–H groups in total. The molecule has 274 valence electrons. The minimum absolute atomic E-state index is 0.187. The average Bonchev–Trinajstić information content (AvgIpc) is 3.25. The summed E-state index contributed by atoms with van der Waals surface area (Å²) in [6, 6.07) is 64.6. The fourth-order valence-electron chi connectivity index (χ4n) is 8.94. The molecule has 7 aromatic carbocycles. The van der Waals surface area contributed by atoms with Crippen molar-refractivity contribution in [2.75, 3.05) is 9.80 Å². The highest BCUT2D eigenvalue weighted by Gasteiger charge is 2.42. The quantitative estimate of drug-likeness (QED) is 0.154. The Bertz CT molecular complexity index is 2490. The Kier molecular flexibility index (Phi) is 9.06. The first-order chi connectivity index (χ1) is 27.3. The van der Waals surface area contributed by atoms with Crippen molar-refractivity contribution in [3.05, 3.63) is 228 Å². The van der Waals surface area contributed by atoms with Gasteiger partial charge in [0.1, 0.15) is 0 Å². The number of fused-ring (bicyclic) bond motifs is 2. The Morgan fingerprint density at radius 1 is 0.393 bits per heavy atom.